The van der Waals surface area contributed by atoms with E-state index in [4.69, 9.17) is 0 Å². The van der Waals surface area contributed by atoms with Crippen LogP contribution in [0.3, 0.4) is 0 Å². The Kier molecular flexibility index (Phi) is 6.00. The summed E-state index contributed by atoms with van der Waals surface area (Å²) in [6.07, 6.45) is 2.42. The average Bonchev–Trinajstić information content (AvgIpc) is 3.02. The van der Waals surface area contributed by atoms with Crippen LogP contribution < -0.4 is 5.32 Å². The number of hydrogen-bond acceptors (Lipinski definition) is 4. The van der Waals surface area contributed by atoms with Crippen LogP contribution in [0.5, 0.6) is 0 Å². The van der Waals surface area contributed by atoms with Crippen LogP contribution in [-0.4, -0.2) is 38.3 Å². The molecule has 0 spiro atoms. The standard InChI is InChI=1S/C15H24N2O3S2/c1-12(2)7-8-16-15(18)13-5-3-9-17(11-13)22(19,20)14-6-4-10-21-14/h4,6,10,12-13H,3,5,7-9,11H2,1-2H3,(H,16,18). The van der Waals surface area contributed by atoms with E-state index in [9.17, 15) is 13.2 Å². The van der Waals surface area contributed by atoms with Gasteiger partial charge in [-0.25, -0.2) is 8.42 Å². The highest BCUT2D eigenvalue weighted by Crippen LogP contribution is 2.26. The normalized spacial score (nSPS) is 20.2. The van der Waals surface area contributed by atoms with E-state index in [1.54, 1.807) is 17.5 Å². The number of thiophene rings is 1. The molecule has 1 aromatic rings. The van der Waals surface area contributed by atoms with Crippen LogP contribution in [0.1, 0.15) is 33.1 Å². The zero-order valence-electron chi connectivity index (χ0n) is 13.1. The molecule has 1 aliphatic rings. The zero-order chi connectivity index (χ0) is 16.2. The second-order valence-electron chi connectivity index (χ2n) is 6.11. The van der Waals surface area contributed by atoms with Crippen molar-refractivity contribution in [2.75, 3.05) is 19.6 Å². The lowest BCUT2D eigenvalue weighted by Gasteiger charge is -2.30. The molecule has 0 radical (unpaired) electrons. The fourth-order valence-electron chi connectivity index (χ4n) is 2.54. The maximum Gasteiger partial charge on any atom is 0.252 e. The van der Waals surface area contributed by atoms with E-state index in [0.29, 0.717) is 23.2 Å². The third-order valence-electron chi connectivity index (χ3n) is 3.87. The van der Waals surface area contributed by atoms with E-state index < -0.39 is 10.0 Å². The van der Waals surface area contributed by atoms with Crippen LogP contribution in [0.25, 0.3) is 0 Å². The minimum Gasteiger partial charge on any atom is -0.356 e. The summed E-state index contributed by atoms with van der Waals surface area (Å²) in [6.45, 7) is 5.67. The van der Waals surface area contributed by atoms with Crippen molar-refractivity contribution in [3.63, 3.8) is 0 Å². The molecule has 1 amide bonds. The molecule has 0 bridgehead atoms. The van der Waals surface area contributed by atoms with Crippen LogP contribution >= 0.6 is 11.3 Å². The first-order valence-electron chi connectivity index (χ1n) is 7.72. The van der Waals surface area contributed by atoms with Gasteiger partial charge in [0.05, 0.1) is 5.92 Å². The molecule has 1 aliphatic heterocycles. The molecule has 1 saturated heterocycles. The smallest absolute Gasteiger partial charge is 0.252 e. The van der Waals surface area contributed by atoms with E-state index in [0.717, 1.165) is 19.3 Å². The van der Waals surface area contributed by atoms with Crippen LogP contribution in [0.4, 0.5) is 0 Å². The van der Waals surface area contributed by atoms with Crippen molar-refractivity contribution in [3.8, 4) is 0 Å². The summed E-state index contributed by atoms with van der Waals surface area (Å²) >= 11 is 1.22. The highest BCUT2D eigenvalue weighted by atomic mass is 32.2. The Morgan fingerprint density at radius 3 is 2.91 bits per heavy atom. The van der Waals surface area contributed by atoms with Gasteiger partial charge in [0, 0.05) is 19.6 Å². The van der Waals surface area contributed by atoms with Gasteiger partial charge in [-0.2, -0.15) is 4.31 Å². The van der Waals surface area contributed by atoms with Crippen molar-refractivity contribution in [3.05, 3.63) is 17.5 Å². The summed E-state index contributed by atoms with van der Waals surface area (Å²) in [5.74, 6) is 0.282. The average molecular weight is 345 g/mol. The van der Waals surface area contributed by atoms with Crippen LogP contribution in [0, 0.1) is 11.8 Å². The van der Waals surface area contributed by atoms with Crippen molar-refractivity contribution in [1.82, 2.24) is 9.62 Å². The predicted molar refractivity (Wildman–Crippen MR) is 88.3 cm³/mol. The molecule has 0 saturated carbocycles. The topological polar surface area (TPSA) is 66.5 Å². The molecule has 2 rings (SSSR count). The largest absolute Gasteiger partial charge is 0.356 e. The van der Waals surface area contributed by atoms with Gasteiger partial charge < -0.3 is 5.32 Å². The molecule has 1 N–H and O–H groups in total. The molecule has 1 atom stereocenters. The molecule has 7 heteroatoms. The van der Waals surface area contributed by atoms with E-state index >= 15 is 0 Å². The minimum absolute atomic E-state index is 0.0215. The Bertz CT molecular complexity index is 582. The van der Waals surface area contributed by atoms with Gasteiger partial charge in [-0.05, 0) is 36.6 Å². The first-order valence-corrected chi connectivity index (χ1v) is 10.0. The Hall–Kier alpha value is -0.920. The molecule has 2 heterocycles. The molecule has 22 heavy (non-hydrogen) atoms. The number of carbonyl (C=O) groups excluding carboxylic acids is 1. The van der Waals surface area contributed by atoms with Crippen molar-refractivity contribution >= 4 is 27.3 Å². The van der Waals surface area contributed by atoms with Gasteiger partial charge in [0.2, 0.25) is 5.91 Å². The number of amides is 1. The zero-order valence-corrected chi connectivity index (χ0v) is 14.8. The van der Waals surface area contributed by atoms with Gasteiger partial charge in [0.1, 0.15) is 4.21 Å². The first kappa shape index (κ1) is 17.4. The molecular formula is C15H24N2O3S2. The Morgan fingerprint density at radius 1 is 1.50 bits per heavy atom. The maximum absolute atomic E-state index is 12.5. The SMILES string of the molecule is CC(C)CCNC(=O)C1CCCN(S(=O)(=O)c2cccs2)C1. The van der Waals surface area contributed by atoms with Gasteiger partial charge in [0.25, 0.3) is 10.0 Å². The lowest BCUT2D eigenvalue weighted by Crippen LogP contribution is -2.45. The molecule has 124 valence electrons. The molecule has 1 unspecified atom stereocenters. The first-order chi connectivity index (χ1) is 10.4. The van der Waals surface area contributed by atoms with E-state index in [2.05, 4.69) is 19.2 Å². The summed E-state index contributed by atoms with van der Waals surface area (Å²) in [6, 6.07) is 3.35. The number of rotatable bonds is 6. The van der Waals surface area contributed by atoms with E-state index in [1.807, 2.05) is 0 Å². The maximum atomic E-state index is 12.5. The molecule has 0 aliphatic carbocycles. The molecule has 5 nitrogen and oxygen atoms in total. The fraction of sp³-hybridized carbons (Fsp3) is 0.667. The number of hydrogen-bond donors (Lipinski definition) is 1. The monoisotopic (exact) mass is 344 g/mol. The van der Waals surface area contributed by atoms with Gasteiger partial charge in [0.15, 0.2) is 0 Å². The predicted octanol–water partition coefficient (Wildman–Crippen LogP) is 2.31. The van der Waals surface area contributed by atoms with Crippen LogP contribution in [0.15, 0.2) is 21.7 Å². The number of nitrogens with zero attached hydrogens (tertiary/aromatic N) is 1. The van der Waals surface area contributed by atoms with Crippen molar-refractivity contribution in [2.24, 2.45) is 11.8 Å². The molecule has 0 aromatic carbocycles. The van der Waals surface area contributed by atoms with Crippen molar-refractivity contribution in [1.29, 1.82) is 0 Å². The quantitative estimate of drug-likeness (QED) is 0.861. The lowest BCUT2D eigenvalue weighted by molar-refractivity contribution is -0.126. The lowest BCUT2D eigenvalue weighted by atomic mass is 9.98. The summed E-state index contributed by atoms with van der Waals surface area (Å²) in [5.41, 5.74) is 0. The summed E-state index contributed by atoms with van der Waals surface area (Å²) in [7, 11) is -3.45. The minimum atomic E-state index is -3.45. The second kappa shape index (κ2) is 7.57. The highest BCUT2D eigenvalue weighted by Gasteiger charge is 2.33. The van der Waals surface area contributed by atoms with E-state index in [-0.39, 0.29) is 18.4 Å². The summed E-state index contributed by atoms with van der Waals surface area (Å²) in [4.78, 5) is 12.2. The molecular weight excluding hydrogens is 320 g/mol. The molecule has 1 aromatic heterocycles. The van der Waals surface area contributed by atoms with E-state index in [1.165, 1.54) is 15.6 Å². The number of piperidine rings is 1. The number of sulfonamides is 1. The third-order valence-corrected chi connectivity index (χ3v) is 7.10. The van der Waals surface area contributed by atoms with Crippen LogP contribution in [0.2, 0.25) is 0 Å². The van der Waals surface area contributed by atoms with Crippen LogP contribution in [-0.2, 0) is 14.8 Å². The number of carbonyl (C=O) groups is 1. The summed E-state index contributed by atoms with van der Waals surface area (Å²) in [5, 5.41) is 4.69. The van der Waals surface area contributed by atoms with Gasteiger partial charge >= 0.3 is 0 Å². The van der Waals surface area contributed by atoms with Gasteiger partial charge in [-0.3, -0.25) is 4.79 Å². The highest BCUT2D eigenvalue weighted by molar-refractivity contribution is 7.91. The Morgan fingerprint density at radius 2 is 2.27 bits per heavy atom. The van der Waals surface area contributed by atoms with Crippen molar-refractivity contribution < 1.29 is 13.2 Å². The van der Waals surface area contributed by atoms with Crippen molar-refractivity contribution in [2.45, 2.75) is 37.3 Å². The number of nitrogens with one attached hydrogen (secondary N) is 1. The molecule has 1 fully saturated rings. The Labute approximate surface area is 136 Å². The fourth-order valence-corrected chi connectivity index (χ4v) is 5.21. The van der Waals surface area contributed by atoms with Gasteiger partial charge in [-0.1, -0.05) is 19.9 Å². The Balaban J connectivity index is 1.96. The van der Waals surface area contributed by atoms with Gasteiger partial charge in [-0.15, -0.1) is 11.3 Å². The summed E-state index contributed by atoms with van der Waals surface area (Å²) < 4.78 is 26.9. The second-order valence-corrected chi connectivity index (χ2v) is 9.22. The third kappa shape index (κ3) is 4.30.